The average Bonchev–Trinajstić information content (AvgIpc) is 3.30. The molecule has 0 radical (unpaired) electrons. The Labute approximate surface area is 156 Å². The number of pyridine rings is 1. The predicted molar refractivity (Wildman–Crippen MR) is 99.5 cm³/mol. The molecule has 25 heavy (non-hydrogen) atoms. The molecule has 0 atom stereocenters. The fourth-order valence-electron chi connectivity index (χ4n) is 2.39. The molecule has 0 aliphatic carbocycles. The Morgan fingerprint density at radius 2 is 2.16 bits per heavy atom. The van der Waals surface area contributed by atoms with Crippen LogP contribution in [0.3, 0.4) is 0 Å². The van der Waals surface area contributed by atoms with Crippen LogP contribution in [0.15, 0.2) is 41.4 Å². The third-order valence-corrected chi connectivity index (χ3v) is 5.66. The van der Waals surface area contributed by atoms with Crippen LogP contribution in [0, 0.1) is 6.92 Å². The first-order chi connectivity index (χ1) is 12.1. The van der Waals surface area contributed by atoms with Crippen LogP contribution in [-0.2, 0) is 11.3 Å². The monoisotopic (exact) mass is 389 g/mol. The number of ether oxygens (including phenoxy) is 1. The number of hydrogen-bond acceptors (Lipinski definition) is 6. The van der Waals surface area contributed by atoms with Crippen molar-refractivity contribution in [2.45, 2.75) is 13.5 Å². The van der Waals surface area contributed by atoms with Crippen molar-refractivity contribution in [3.05, 3.63) is 62.6 Å². The van der Waals surface area contributed by atoms with Crippen LogP contribution >= 0.6 is 34.3 Å². The summed E-state index contributed by atoms with van der Waals surface area (Å²) in [6, 6.07) is 5.57. The maximum Gasteiger partial charge on any atom is 0.350 e. The molecular weight excluding hydrogens is 378 g/mol. The van der Waals surface area contributed by atoms with Gasteiger partial charge in [0, 0.05) is 23.3 Å². The van der Waals surface area contributed by atoms with Gasteiger partial charge in [0.2, 0.25) is 0 Å². The van der Waals surface area contributed by atoms with Gasteiger partial charge in [-0.2, -0.15) is 11.3 Å². The number of thiophene rings is 1. The minimum atomic E-state index is -0.383. The Bertz CT molecular complexity index is 1050. The Kier molecular flexibility index (Phi) is 4.29. The molecule has 8 heteroatoms. The first-order valence-corrected chi connectivity index (χ1v) is 9.54. The highest BCUT2D eigenvalue weighted by atomic mass is 35.5. The SMILES string of the molecule is Cc1nc(-c2ccsc2)sc1C(=O)OCc1cn2cc(Cl)ccc2n1. The largest absolute Gasteiger partial charge is 0.455 e. The van der Waals surface area contributed by atoms with Gasteiger partial charge in [-0.1, -0.05) is 11.6 Å². The Hall–Kier alpha value is -2.22. The lowest BCUT2D eigenvalue weighted by Gasteiger charge is -2.00. The van der Waals surface area contributed by atoms with E-state index < -0.39 is 0 Å². The molecule has 0 amide bonds. The van der Waals surface area contributed by atoms with Crippen LogP contribution in [-0.4, -0.2) is 20.3 Å². The molecule has 4 heterocycles. The van der Waals surface area contributed by atoms with Crippen LogP contribution in [0.25, 0.3) is 16.2 Å². The standard InChI is InChI=1S/C17H12ClN3O2S2/c1-10-15(25-16(19-10)11-4-5-24-9-11)17(22)23-8-13-7-21-6-12(18)2-3-14(21)20-13/h2-7,9H,8H2,1H3. The van der Waals surface area contributed by atoms with Crippen LogP contribution in [0.5, 0.6) is 0 Å². The van der Waals surface area contributed by atoms with Gasteiger partial charge in [-0.15, -0.1) is 11.3 Å². The van der Waals surface area contributed by atoms with Crippen molar-refractivity contribution in [1.82, 2.24) is 14.4 Å². The van der Waals surface area contributed by atoms with Gasteiger partial charge in [0.15, 0.2) is 0 Å². The summed E-state index contributed by atoms with van der Waals surface area (Å²) < 4.78 is 7.21. The zero-order valence-corrected chi connectivity index (χ0v) is 15.5. The van der Waals surface area contributed by atoms with E-state index >= 15 is 0 Å². The molecular formula is C17H12ClN3O2S2. The molecule has 5 nitrogen and oxygen atoms in total. The molecule has 0 aromatic carbocycles. The second kappa shape index (κ2) is 6.59. The van der Waals surface area contributed by atoms with E-state index in [2.05, 4.69) is 9.97 Å². The van der Waals surface area contributed by atoms with Crippen LogP contribution in [0.4, 0.5) is 0 Å². The summed E-state index contributed by atoms with van der Waals surface area (Å²) in [5, 5.41) is 5.44. The molecule has 0 fully saturated rings. The molecule has 0 spiro atoms. The van der Waals surface area contributed by atoms with E-state index in [1.807, 2.05) is 29.8 Å². The lowest BCUT2D eigenvalue weighted by molar-refractivity contribution is 0.0473. The number of carbonyl (C=O) groups is 1. The molecule has 0 saturated carbocycles. The number of carbonyl (C=O) groups excluding carboxylic acids is 1. The minimum Gasteiger partial charge on any atom is -0.455 e. The Morgan fingerprint density at radius 3 is 2.96 bits per heavy atom. The van der Waals surface area contributed by atoms with Gasteiger partial charge in [-0.05, 0) is 30.5 Å². The van der Waals surface area contributed by atoms with Crippen LogP contribution in [0.1, 0.15) is 21.1 Å². The van der Waals surface area contributed by atoms with Crippen LogP contribution < -0.4 is 0 Å². The van der Waals surface area contributed by atoms with Gasteiger partial charge >= 0.3 is 5.97 Å². The van der Waals surface area contributed by atoms with E-state index in [-0.39, 0.29) is 12.6 Å². The number of rotatable bonds is 4. The van der Waals surface area contributed by atoms with Gasteiger partial charge in [0.05, 0.1) is 16.4 Å². The summed E-state index contributed by atoms with van der Waals surface area (Å²) in [6.45, 7) is 1.92. The lowest BCUT2D eigenvalue weighted by Crippen LogP contribution is -2.05. The van der Waals surface area contributed by atoms with Crippen molar-refractivity contribution in [2.24, 2.45) is 0 Å². The average molecular weight is 390 g/mol. The van der Waals surface area contributed by atoms with Crippen molar-refractivity contribution < 1.29 is 9.53 Å². The van der Waals surface area contributed by atoms with Crippen molar-refractivity contribution in [3.8, 4) is 10.6 Å². The smallest absolute Gasteiger partial charge is 0.350 e. The first kappa shape index (κ1) is 16.3. The summed E-state index contributed by atoms with van der Waals surface area (Å²) >= 11 is 8.90. The number of nitrogens with zero attached hydrogens (tertiary/aromatic N) is 3. The maximum atomic E-state index is 12.4. The maximum absolute atomic E-state index is 12.4. The van der Waals surface area contributed by atoms with Gasteiger partial charge in [0.1, 0.15) is 22.1 Å². The highest BCUT2D eigenvalue weighted by Crippen LogP contribution is 2.30. The normalized spacial score (nSPS) is 11.1. The zero-order chi connectivity index (χ0) is 17.4. The minimum absolute atomic E-state index is 0.100. The molecule has 4 aromatic rings. The summed E-state index contributed by atoms with van der Waals surface area (Å²) in [5.74, 6) is -0.383. The second-order valence-electron chi connectivity index (χ2n) is 5.37. The van der Waals surface area contributed by atoms with Gasteiger partial charge in [0.25, 0.3) is 0 Å². The molecule has 0 aliphatic heterocycles. The number of aryl methyl sites for hydroxylation is 1. The Balaban J connectivity index is 1.50. The summed E-state index contributed by atoms with van der Waals surface area (Å²) in [7, 11) is 0. The second-order valence-corrected chi connectivity index (χ2v) is 7.58. The molecule has 4 rings (SSSR count). The van der Waals surface area contributed by atoms with E-state index in [1.165, 1.54) is 11.3 Å². The number of fused-ring (bicyclic) bond motifs is 1. The van der Waals surface area contributed by atoms with Crippen LogP contribution in [0.2, 0.25) is 5.02 Å². The van der Waals surface area contributed by atoms with E-state index in [4.69, 9.17) is 16.3 Å². The molecule has 0 aliphatic rings. The molecule has 4 aromatic heterocycles. The highest BCUT2D eigenvalue weighted by Gasteiger charge is 2.18. The Morgan fingerprint density at radius 1 is 1.28 bits per heavy atom. The number of hydrogen-bond donors (Lipinski definition) is 0. The first-order valence-electron chi connectivity index (χ1n) is 7.40. The highest BCUT2D eigenvalue weighted by molar-refractivity contribution is 7.17. The summed E-state index contributed by atoms with van der Waals surface area (Å²) in [6.07, 6.45) is 3.56. The van der Waals surface area contributed by atoms with E-state index in [1.54, 1.807) is 34.2 Å². The third kappa shape index (κ3) is 3.30. The molecule has 0 N–H and O–H groups in total. The fourth-order valence-corrected chi connectivity index (χ4v) is 4.23. The zero-order valence-electron chi connectivity index (χ0n) is 13.1. The van der Waals surface area contributed by atoms with Crippen molar-refractivity contribution in [3.63, 3.8) is 0 Å². The number of thiazole rings is 1. The number of aromatic nitrogens is 3. The molecule has 0 unspecified atom stereocenters. The number of imidazole rings is 1. The van der Waals surface area contributed by atoms with Gasteiger partial charge in [-0.25, -0.2) is 14.8 Å². The van der Waals surface area contributed by atoms with Gasteiger partial charge in [-0.3, -0.25) is 0 Å². The van der Waals surface area contributed by atoms with E-state index in [0.717, 1.165) is 16.2 Å². The summed E-state index contributed by atoms with van der Waals surface area (Å²) in [4.78, 5) is 21.8. The molecule has 0 saturated heterocycles. The molecule has 126 valence electrons. The van der Waals surface area contributed by atoms with E-state index in [9.17, 15) is 4.79 Å². The number of esters is 1. The van der Waals surface area contributed by atoms with Crippen molar-refractivity contribution in [1.29, 1.82) is 0 Å². The fraction of sp³-hybridized carbons (Fsp3) is 0.118. The van der Waals surface area contributed by atoms with Crippen molar-refractivity contribution in [2.75, 3.05) is 0 Å². The summed E-state index contributed by atoms with van der Waals surface area (Å²) in [5.41, 5.74) is 3.12. The topological polar surface area (TPSA) is 56.5 Å². The quantitative estimate of drug-likeness (QED) is 0.469. The number of halogens is 1. The molecule has 0 bridgehead atoms. The van der Waals surface area contributed by atoms with Gasteiger partial charge < -0.3 is 9.14 Å². The van der Waals surface area contributed by atoms with E-state index in [0.29, 0.717) is 21.3 Å². The third-order valence-electron chi connectivity index (χ3n) is 3.57. The predicted octanol–water partition coefficient (Wildman–Crippen LogP) is 4.84. The van der Waals surface area contributed by atoms with Crippen molar-refractivity contribution >= 4 is 45.9 Å². The lowest BCUT2D eigenvalue weighted by atomic mass is 10.3.